The van der Waals surface area contributed by atoms with Crippen molar-refractivity contribution in [1.29, 1.82) is 0 Å². The van der Waals surface area contributed by atoms with Crippen LogP contribution in [0, 0.1) is 27.7 Å². The van der Waals surface area contributed by atoms with Crippen molar-refractivity contribution in [3.8, 4) is 11.8 Å². The van der Waals surface area contributed by atoms with E-state index >= 15 is 4.39 Å². The number of halogens is 3. The minimum Gasteiger partial charge on any atom is -0.489 e. The van der Waals surface area contributed by atoms with Crippen LogP contribution in [-0.4, -0.2) is 46.9 Å². The first-order chi connectivity index (χ1) is 18.1. The third kappa shape index (κ3) is 4.87. The van der Waals surface area contributed by atoms with Crippen LogP contribution in [0.3, 0.4) is 0 Å². The molecule has 12 heteroatoms. The highest BCUT2D eigenvalue weighted by Crippen LogP contribution is 2.42. The first-order valence-corrected chi connectivity index (χ1v) is 12.2. The lowest BCUT2D eigenvalue weighted by Crippen LogP contribution is -2.42. The Bertz CT molecular complexity index is 1300. The zero-order valence-corrected chi connectivity index (χ0v) is 20.9. The van der Waals surface area contributed by atoms with Gasteiger partial charge in [0.15, 0.2) is 5.60 Å². The molecule has 0 saturated carbocycles. The van der Waals surface area contributed by atoms with Crippen molar-refractivity contribution in [1.82, 2.24) is 9.55 Å². The lowest BCUT2D eigenvalue weighted by atomic mass is 9.84. The van der Waals surface area contributed by atoms with Crippen molar-refractivity contribution >= 4 is 11.5 Å². The van der Waals surface area contributed by atoms with E-state index in [1.807, 2.05) is 31.2 Å². The van der Waals surface area contributed by atoms with Gasteiger partial charge in [-0.05, 0) is 61.1 Å². The van der Waals surface area contributed by atoms with Crippen LogP contribution in [0.1, 0.15) is 25.3 Å². The van der Waals surface area contributed by atoms with Crippen LogP contribution in [-0.2, 0) is 17.1 Å². The maximum atomic E-state index is 15.8. The first kappa shape index (κ1) is 25.8. The van der Waals surface area contributed by atoms with E-state index < -0.39 is 33.9 Å². The smallest absolute Gasteiger partial charge is 0.415 e. The SMILES string of the molecule is COC(F)(c1ccc(F)cc1F)C1CCN(c2ccc(OCC3(C)Cn4cc([N+](=O)[O-])nc4O3)cc2)CC1. The molecule has 1 aromatic heterocycles. The van der Waals surface area contributed by atoms with E-state index in [2.05, 4.69) is 9.88 Å². The number of ether oxygens (including phenoxy) is 3. The second-order valence-electron chi connectivity index (χ2n) is 9.84. The Morgan fingerprint density at radius 2 is 1.92 bits per heavy atom. The molecule has 9 nitrogen and oxygen atoms in total. The van der Waals surface area contributed by atoms with Crippen molar-refractivity contribution in [2.24, 2.45) is 5.92 Å². The van der Waals surface area contributed by atoms with E-state index in [1.54, 1.807) is 4.57 Å². The Morgan fingerprint density at radius 3 is 2.53 bits per heavy atom. The largest absolute Gasteiger partial charge is 0.489 e. The summed E-state index contributed by atoms with van der Waals surface area (Å²) >= 11 is 0. The first-order valence-electron chi connectivity index (χ1n) is 12.2. The lowest BCUT2D eigenvalue weighted by Gasteiger charge is -2.40. The number of alkyl halides is 1. The van der Waals surface area contributed by atoms with Gasteiger partial charge in [0, 0.05) is 42.9 Å². The Kier molecular flexibility index (Phi) is 6.68. The van der Waals surface area contributed by atoms with Crippen molar-refractivity contribution in [3.63, 3.8) is 0 Å². The van der Waals surface area contributed by atoms with Crippen LogP contribution in [0.15, 0.2) is 48.7 Å². The molecule has 0 amide bonds. The number of benzene rings is 2. The Hall–Kier alpha value is -3.80. The zero-order chi connectivity index (χ0) is 27.1. The van der Waals surface area contributed by atoms with Crippen LogP contribution in [0.25, 0.3) is 0 Å². The number of aromatic nitrogens is 2. The fraction of sp³-hybridized carbons (Fsp3) is 0.423. The van der Waals surface area contributed by atoms with E-state index in [0.717, 1.165) is 17.8 Å². The number of methoxy groups -OCH3 is 1. The zero-order valence-electron chi connectivity index (χ0n) is 20.9. The van der Waals surface area contributed by atoms with Crippen LogP contribution in [0.4, 0.5) is 24.7 Å². The van der Waals surface area contributed by atoms with Gasteiger partial charge in [0.2, 0.25) is 5.85 Å². The fourth-order valence-corrected chi connectivity index (χ4v) is 5.12. The van der Waals surface area contributed by atoms with Crippen LogP contribution >= 0.6 is 0 Å². The number of hydrogen-bond donors (Lipinski definition) is 0. The molecule has 2 aliphatic heterocycles. The Labute approximate surface area is 216 Å². The number of nitrogens with zero attached hydrogens (tertiary/aromatic N) is 4. The highest BCUT2D eigenvalue weighted by molar-refractivity contribution is 5.49. The molecule has 0 N–H and O–H groups in total. The average molecular weight is 533 g/mol. The number of fused-ring (bicyclic) bond motifs is 1. The third-order valence-corrected chi connectivity index (χ3v) is 7.12. The summed E-state index contributed by atoms with van der Waals surface area (Å²) in [6.45, 7) is 3.49. The van der Waals surface area contributed by atoms with Crippen molar-refractivity contribution in [2.75, 3.05) is 31.7 Å². The minimum absolute atomic E-state index is 0.189. The van der Waals surface area contributed by atoms with Crippen molar-refractivity contribution < 1.29 is 32.3 Å². The van der Waals surface area contributed by atoms with Gasteiger partial charge in [-0.3, -0.25) is 4.57 Å². The minimum atomic E-state index is -2.35. The second-order valence-corrected chi connectivity index (χ2v) is 9.84. The molecule has 0 radical (unpaired) electrons. The van der Waals surface area contributed by atoms with Gasteiger partial charge in [0.05, 0.1) is 12.1 Å². The molecule has 38 heavy (non-hydrogen) atoms. The molecule has 2 aliphatic rings. The van der Waals surface area contributed by atoms with E-state index in [9.17, 15) is 18.9 Å². The molecule has 1 fully saturated rings. The molecule has 2 unspecified atom stereocenters. The average Bonchev–Trinajstić information content (AvgIpc) is 3.43. The van der Waals surface area contributed by atoms with E-state index in [1.165, 1.54) is 13.3 Å². The van der Waals surface area contributed by atoms with Crippen LogP contribution < -0.4 is 14.4 Å². The Morgan fingerprint density at radius 1 is 1.21 bits per heavy atom. The highest BCUT2D eigenvalue weighted by Gasteiger charge is 2.45. The van der Waals surface area contributed by atoms with Gasteiger partial charge in [0.25, 0.3) is 0 Å². The van der Waals surface area contributed by atoms with Gasteiger partial charge < -0.3 is 29.2 Å². The predicted octanol–water partition coefficient (Wildman–Crippen LogP) is 4.98. The molecule has 5 rings (SSSR count). The summed E-state index contributed by atoms with van der Waals surface area (Å²) in [6, 6.07) is 10.5. The van der Waals surface area contributed by atoms with Gasteiger partial charge in [-0.1, -0.05) is 0 Å². The van der Waals surface area contributed by atoms with Crippen LogP contribution in [0.2, 0.25) is 0 Å². The molecule has 3 aromatic rings. The van der Waals surface area contributed by atoms with E-state index in [0.29, 0.717) is 44.3 Å². The summed E-state index contributed by atoms with van der Waals surface area (Å²) in [5, 5.41) is 10.9. The third-order valence-electron chi connectivity index (χ3n) is 7.12. The lowest BCUT2D eigenvalue weighted by molar-refractivity contribution is -0.389. The summed E-state index contributed by atoms with van der Waals surface area (Å²) in [7, 11) is 1.20. The quantitative estimate of drug-likeness (QED) is 0.298. The number of piperidine rings is 1. The molecule has 1 saturated heterocycles. The van der Waals surface area contributed by atoms with Crippen molar-refractivity contribution in [2.45, 2.75) is 37.8 Å². The summed E-state index contributed by atoms with van der Waals surface area (Å²) in [5.74, 6) is -4.30. The fourth-order valence-electron chi connectivity index (χ4n) is 5.12. The number of rotatable bonds is 8. The van der Waals surface area contributed by atoms with Gasteiger partial charge in [0.1, 0.15) is 30.2 Å². The molecule has 3 heterocycles. The van der Waals surface area contributed by atoms with Crippen molar-refractivity contribution in [3.05, 3.63) is 76.0 Å². The highest BCUT2D eigenvalue weighted by atomic mass is 19.2. The molecule has 0 bridgehead atoms. The van der Waals surface area contributed by atoms with E-state index in [4.69, 9.17) is 14.2 Å². The summed E-state index contributed by atoms with van der Waals surface area (Å²) in [6.07, 6.45) is 2.18. The molecule has 0 aliphatic carbocycles. The van der Waals surface area contributed by atoms with Gasteiger partial charge >= 0.3 is 11.8 Å². The maximum Gasteiger partial charge on any atom is 0.415 e. The van der Waals surface area contributed by atoms with E-state index in [-0.39, 0.29) is 24.0 Å². The normalized spacial score (nSPS) is 21.0. The maximum absolute atomic E-state index is 15.8. The van der Waals surface area contributed by atoms with Gasteiger partial charge in [-0.25, -0.2) is 13.2 Å². The molecule has 202 valence electrons. The van der Waals surface area contributed by atoms with Crippen LogP contribution in [0.5, 0.6) is 11.8 Å². The topological polar surface area (TPSA) is 91.9 Å². The molecule has 2 aromatic carbocycles. The molecule has 2 atom stereocenters. The van der Waals surface area contributed by atoms with Gasteiger partial charge in [-0.15, -0.1) is 0 Å². The number of imidazole rings is 1. The molecular formula is C26H27F3N4O5. The number of hydrogen-bond acceptors (Lipinski definition) is 7. The molecule has 0 spiro atoms. The number of nitro groups is 1. The summed E-state index contributed by atoms with van der Waals surface area (Å²) in [5.41, 5.74) is -0.0770. The predicted molar refractivity (Wildman–Crippen MR) is 131 cm³/mol. The molecular weight excluding hydrogens is 505 g/mol. The second kappa shape index (κ2) is 9.82. The number of anilines is 1. The summed E-state index contributed by atoms with van der Waals surface area (Å²) < 4.78 is 61.9. The Balaban J connectivity index is 1.16. The standard InChI is InChI=1S/C26H27F3N4O5/c1-25(15-32-14-23(33(34)35)30-24(32)38-25)16-37-20-6-4-19(5-7-20)31-11-9-17(10-12-31)26(29,36-2)21-8-3-18(27)13-22(21)28/h3-8,13-14,17H,9-12,15-16H2,1-2H3. The monoisotopic (exact) mass is 532 g/mol. The van der Waals surface area contributed by atoms with Gasteiger partial charge in [-0.2, -0.15) is 0 Å². The summed E-state index contributed by atoms with van der Waals surface area (Å²) in [4.78, 5) is 16.3.